The number of likely N-dealkylation sites (tertiary alicyclic amines) is 1. The van der Waals surface area contributed by atoms with Gasteiger partial charge in [-0.15, -0.1) is 0 Å². The third-order valence-corrected chi connectivity index (χ3v) is 7.36. The molecule has 2 aliphatic heterocycles. The summed E-state index contributed by atoms with van der Waals surface area (Å²) in [5.41, 5.74) is 2.30. The number of amides is 1. The molecule has 1 aliphatic carbocycles. The molecule has 3 atom stereocenters. The highest BCUT2D eigenvalue weighted by Crippen LogP contribution is 2.45. The van der Waals surface area contributed by atoms with Crippen molar-refractivity contribution in [2.24, 2.45) is 5.92 Å². The standard InChI is InChI=1S/C21H30N2O4S/c1-2-23-9-3-6-17(23)13-22-21(24)18-12-16(20(28(25)26)14-7-8-14)11-15-5-4-10-27-19(15)18/h11-12,14,17,20H,2-10,13H2,1H3,(H,22,24)(H,25,26). The zero-order valence-corrected chi connectivity index (χ0v) is 17.3. The van der Waals surface area contributed by atoms with Crippen molar-refractivity contribution in [1.29, 1.82) is 0 Å². The van der Waals surface area contributed by atoms with E-state index in [0.717, 1.165) is 56.3 Å². The summed E-state index contributed by atoms with van der Waals surface area (Å²) >= 11 is -1.94. The van der Waals surface area contributed by atoms with Crippen molar-refractivity contribution in [3.05, 3.63) is 28.8 Å². The first-order valence-electron chi connectivity index (χ1n) is 10.5. The molecule has 154 valence electrons. The van der Waals surface area contributed by atoms with Crippen LogP contribution in [0.1, 0.15) is 65.8 Å². The van der Waals surface area contributed by atoms with E-state index in [1.54, 1.807) is 6.07 Å². The molecule has 1 aromatic rings. The lowest BCUT2D eigenvalue weighted by Gasteiger charge is -2.25. The predicted octanol–water partition coefficient (Wildman–Crippen LogP) is 2.90. The molecule has 7 heteroatoms. The first kappa shape index (κ1) is 19.9. The molecule has 2 N–H and O–H groups in total. The van der Waals surface area contributed by atoms with Crippen molar-refractivity contribution < 1.29 is 18.3 Å². The van der Waals surface area contributed by atoms with Crippen LogP contribution in [-0.4, -0.2) is 51.9 Å². The second-order valence-corrected chi connectivity index (χ2v) is 9.24. The van der Waals surface area contributed by atoms with Crippen LogP contribution in [0.5, 0.6) is 5.75 Å². The minimum Gasteiger partial charge on any atom is -0.492 e. The molecule has 2 heterocycles. The molecule has 1 saturated heterocycles. The van der Waals surface area contributed by atoms with Crippen molar-refractivity contribution in [3.63, 3.8) is 0 Å². The van der Waals surface area contributed by atoms with Gasteiger partial charge in [0.15, 0.2) is 11.1 Å². The number of ether oxygens (including phenoxy) is 1. The molecule has 4 rings (SSSR count). The van der Waals surface area contributed by atoms with Gasteiger partial charge in [-0.3, -0.25) is 9.69 Å². The summed E-state index contributed by atoms with van der Waals surface area (Å²) in [5.74, 6) is 0.756. The highest BCUT2D eigenvalue weighted by Gasteiger charge is 2.37. The van der Waals surface area contributed by atoms with E-state index in [1.165, 1.54) is 6.42 Å². The Labute approximate surface area is 169 Å². The molecule has 3 unspecified atom stereocenters. The molecule has 0 bridgehead atoms. The Balaban J connectivity index is 1.58. The van der Waals surface area contributed by atoms with E-state index in [2.05, 4.69) is 17.1 Å². The molecule has 1 amide bonds. The van der Waals surface area contributed by atoms with Gasteiger partial charge in [-0.2, -0.15) is 0 Å². The Bertz CT molecular complexity index is 765. The second kappa shape index (κ2) is 8.51. The summed E-state index contributed by atoms with van der Waals surface area (Å²) in [7, 11) is 0. The molecule has 1 saturated carbocycles. The predicted molar refractivity (Wildman–Crippen MR) is 109 cm³/mol. The van der Waals surface area contributed by atoms with Crippen LogP contribution in [0.3, 0.4) is 0 Å². The van der Waals surface area contributed by atoms with Gasteiger partial charge in [0, 0.05) is 12.6 Å². The molecule has 0 aromatic heterocycles. The lowest BCUT2D eigenvalue weighted by Crippen LogP contribution is -2.40. The van der Waals surface area contributed by atoms with E-state index in [4.69, 9.17) is 4.74 Å². The summed E-state index contributed by atoms with van der Waals surface area (Å²) in [6, 6.07) is 4.17. The molecule has 3 aliphatic rings. The van der Waals surface area contributed by atoms with Crippen LogP contribution in [0.25, 0.3) is 0 Å². The van der Waals surface area contributed by atoms with Gasteiger partial charge in [0.05, 0.1) is 17.4 Å². The summed E-state index contributed by atoms with van der Waals surface area (Å²) < 4.78 is 27.7. The summed E-state index contributed by atoms with van der Waals surface area (Å²) in [6.45, 7) is 5.48. The third kappa shape index (κ3) is 4.11. The van der Waals surface area contributed by atoms with Gasteiger partial charge in [0.2, 0.25) is 0 Å². The van der Waals surface area contributed by atoms with E-state index < -0.39 is 16.3 Å². The lowest BCUT2D eigenvalue weighted by atomic mass is 9.95. The van der Waals surface area contributed by atoms with Crippen LogP contribution in [0.15, 0.2) is 12.1 Å². The fourth-order valence-electron chi connectivity index (χ4n) is 4.64. The van der Waals surface area contributed by atoms with Crippen LogP contribution in [0, 0.1) is 5.92 Å². The fraction of sp³-hybridized carbons (Fsp3) is 0.667. The van der Waals surface area contributed by atoms with Gasteiger partial charge in [-0.25, -0.2) is 4.21 Å². The number of fused-ring (bicyclic) bond motifs is 1. The van der Waals surface area contributed by atoms with Crippen molar-refractivity contribution in [3.8, 4) is 5.75 Å². The number of rotatable bonds is 7. The van der Waals surface area contributed by atoms with E-state index in [0.29, 0.717) is 30.5 Å². The van der Waals surface area contributed by atoms with Crippen LogP contribution in [-0.2, 0) is 17.5 Å². The monoisotopic (exact) mass is 406 g/mol. The number of carbonyl (C=O) groups excluding carboxylic acids is 1. The van der Waals surface area contributed by atoms with Crippen LogP contribution >= 0.6 is 0 Å². The van der Waals surface area contributed by atoms with Crippen LogP contribution in [0.4, 0.5) is 0 Å². The Morgan fingerprint density at radius 1 is 1.36 bits per heavy atom. The minimum atomic E-state index is -1.94. The fourth-order valence-corrected chi connectivity index (χ4v) is 5.61. The molecular formula is C21H30N2O4S. The number of carbonyl (C=O) groups is 1. The molecule has 6 nitrogen and oxygen atoms in total. The molecule has 2 fully saturated rings. The van der Waals surface area contributed by atoms with Crippen molar-refractivity contribution >= 4 is 17.0 Å². The van der Waals surface area contributed by atoms with Gasteiger partial charge in [-0.1, -0.05) is 13.0 Å². The van der Waals surface area contributed by atoms with Crippen molar-refractivity contribution in [2.45, 2.75) is 56.7 Å². The first-order valence-corrected chi connectivity index (χ1v) is 11.7. The second-order valence-electron chi connectivity index (χ2n) is 8.18. The highest BCUT2D eigenvalue weighted by molar-refractivity contribution is 7.79. The number of nitrogens with zero attached hydrogens (tertiary/aromatic N) is 1. The Morgan fingerprint density at radius 3 is 2.89 bits per heavy atom. The quantitative estimate of drug-likeness (QED) is 0.681. The van der Waals surface area contributed by atoms with Gasteiger partial charge in [0.1, 0.15) is 5.75 Å². The van der Waals surface area contributed by atoms with Crippen molar-refractivity contribution in [1.82, 2.24) is 10.2 Å². The highest BCUT2D eigenvalue weighted by atomic mass is 32.2. The Morgan fingerprint density at radius 2 is 2.18 bits per heavy atom. The zero-order valence-electron chi connectivity index (χ0n) is 16.5. The number of benzene rings is 1. The topological polar surface area (TPSA) is 78.9 Å². The molecule has 0 radical (unpaired) electrons. The zero-order chi connectivity index (χ0) is 19.7. The molecule has 1 aromatic carbocycles. The molecular weight excluding hydrogens is 376 g/mol. The largest absolute Gasteiger partial charge is 0.492 e. The maximum atomic E-state index is 13.1. The molecule has 28 heavy (non-hydrogen) atoms. The first-order chi connectivity index (χ1) is 13.6. The van der Waals surface area contributed by atoms with Gasteiger partial charge in [0.25, 0.3) is 5.91 Å². The number of nitrogens with one attached hydrogen (secondary N) is 1. The number of likely N-dealkylation sites (N-methyl/N-ethyl adjacent to an activating group) is 1. The lowest BCUT2D eigenvalue weighted by molar-refractivity contribution is 0.0936. The van der Waals surface area contributed by atoms with E-state index in [1.807, 2.05) is 6.07 Å². The van der Waals surface area contributed by atoms with Gasteiger partial charge < -0.3 is 14.6 Å². The van der Waals surface area contributed by atoms with E-state index >= 15 is 0 Å². The average Bonchev–Trinajstić information content (AvgIpc) is 3.41. The van der Waals surface area contributed by atoms with E-state index in [9.17, 15) is 13.6 Å². The minimum absolute atomic E-state index is 0.138. The van der Waals surface area contributed by atoms with Crippen LogP contribution in [0.2, 0.25) is 0 Å². The number of hydrogen-bond donors (Lipinski definition) is 2. The third-order valence-electron chi connectivity index (χ3n) is 6.27. The average molecular weight is 407 g/mol. The summed E-state index contributed by atoms with van der Waals surface area (Å²) in [5, 5.41) is 2.68. The smallest absolute Gasteiger partial charge is 0.255 e. The van der Waals surface area contributed by atoms with Crippen molar-refractivity contribution in [2.75, 3.05) is 26.2 Å². The van der Waals surface area contributed by atoms with Gasteiger partial charge in [-0.05, 0) is 74.7 Å². The Hall–Kier alpha value is -1.44. The SMILES string of the molecule is CCN1CCCC1CNC(=O)c1cc(C(C2CC2)S(=O)O)cc2c1OCCC2. The summed E-state index contributed by atoms with van der Waals surface area (Å²) in [6.07, 6.45) is 5.97. The number of hydrogen-bond acceptors (Lipinski definition) is 4. The van der Waals surface area contributed by atoms with Gasteiger partial charge >= 0.3 is 0 Å². The van der Waals surface area contributed by atoms with E-state index in [-0.39, 0.29) is 11.8 Å². The van der Waals surface area contributed by atoms with Crippen LogP contribution < -0.4 is 10.1 Å². The maximum Gasteiger partial charge on any atom is 0.255 e. The summed E-state index contributed by atoms with van der Waals surface area (Å²) in [4.78, 5) is 15.5. The normalized spacial score (nSPS) is 24.3. The Kier molecular flexibility index (Phi) is 6.04. The molecule has 0 spiro atoms. The number of aryl methyl sites for hydroxylation is 1. The maximum absolute atomic E-state index is 13.1.